The van der Waals surface area contributed by atoms with Crippen LogP contribution in [-0.2, 0) is 0 Å². The van der Waals surface area contributed by atoms with Gasteiger partial charge in [-0.3, -0.25) is 0 Å². The Balaban J connectivity index is 2.31. The molecular weight excluding hydrogens is 264 g/mol. The van der Waals surface area contributed by atoms with Gasteiger partial charge in [-0.25, -0.2) is 4.79 Å². The second kappa shape index (κ2) is 5.29. The highest BCUT2D eigenvalue weighted by Gasteiger charge is 2.12. The lowest BCUT2D eigenvalue weighted by molar-refractivity contribution is 0.0697. The van der Waals surface area contributed by atoms with E-state index in [0.717, 1.165) is 21.9 Å². The number of hydrogen-bond acceptors (Lipinski definition) is 2. The molecule has 0 aliphatic rings. The second-order valence-corrected chi connectivity index (χ2v) is 4.75. The third kappa shape index (κ3) is 2.34. The van der Waals surface area contributed by atoms with Crippen LogP contribution in [0.5, 0.6) is 5.75 Å². The summed E-state index contributed by atoms with van der Waals surface area (Å²) in [6.07, 6.45) is 0. The predicted octanol–water partition coefficient (Wildman–Crippen LogP) is 4.21. The fourth-order valence-electron chi connectivity index (χ4n) is 2.51. The first kappa shape index (κ1) is 13.2. The molecule has 0 fully saturated rings. The summed E-state index contributed by atoms with van der Waals surface area (Å²) in [5.74, 6) is -0.282. The highest BCUT2D eigenvalue weighted by molar-refractivity contribution is 5.99. The van der Waals surface area contributed by atoms with Crippen LogP contribution in [0.3, 0.4) is 0 Å². The van der Waals surface area contributed by atoms with E-state index >= 15 is 0 Å². The van der Waals surface area contributed by atoms with Crippen molar-refractivity contribution in [3.05, 3.63) is 66.2 Å². The van der Waals surface area contributed by atoms with Crippen molar-refractivity contribution in [1.29, 1.82) is 0 Å². The van der Waals surface area contributed by atoms with E-state index in [2.05, 4.69) is 0 Å². The van der Waals surface area contributed by atoms with Crippen molar-refractivity contribution in [2.45, 2.75) is 0 Å². The Labute approximate surface area is 122 Å². The number of rotatable bonds is 3. The van der Waals surface area contributed by atoms with Crippen LogP contribution in [0, 0.1) is 0 Å². The van der Waals surface area contributed by atoms with Crippen molar-refractivity contribution in [1.82, 2.24) is 0 Å². The van der Waals surface area contributed by atoms with Gasteiger partial charge in [0.15, 0.2) is 0 Å². The number of hydrogen-bond donors (Lipinski definition) is 1. The molecule has 0 aliphatic carbocycles. The molecule has 1 N–H and O–H groups in total. The number of ether oxygens (including phenoxy) is 1. The lowest BCUT2D eigenvalue weighted by Crippen LogP contribution is -1.98. The summed E-state index contributed by atoms with van der Waals surface area (Å²) < 4.78 is 5.39. The molecule has 0 atom stereocenters. The highest BCUT2D eigenvalue weighted by Crippen LogP contribution is 2.35. The third-order valence-corrected chi connectivity index (χ3v) is 3.53. The highest BCUT2D eigenvalue weighted by atomic mass is 16.5. The maximum absolute atomic E-state index is 11.2. The summed E-state index contributed by atoms with van der Waals surface area (Å²) in [5, 5.41) is 11.4. The van der Waals surface area contributed by atoms with Crippen molar-refractivity contribution in [2.24, 2.45) is 0 Å². The van der Waals surface area contributed by atoms with E-state index in [4.69, 9.17) is 4.74 Å². The number of carbonyl (C=O) groups is 1. The minimum absolute atomic E-state index is 0.249. The average Bonchev–Trinajstić information content (AvgIpc) is 2.53. The molecule has 3 rings (SSSR count). The molecule has 0 saturated heterocycles. The molecule has 3 aromatic carbocycles. The van der Waals surface area contributed by atoms with E-state index in [1.54, 1.807) is 25.3 Å². The lowest BCUT2D eigenvalue weighted by Gasteiger charge is -2.12. The van der Waals surface area contributed by atoms with Crippen LogP contribution in [0.1, 0.15) is 10.4 Å². The molecule has 0 bridgehead atoms. The van der Waals surface area contributed by atoms with Gasteiger partial charge >= 0.3 is 5.97 Å². The minimum atomic E-state index is -0.945. The van der Waals surface area contributed by atoms with Crippen molar-refractivity contribution < 1.29 is 14.6 Å². The van der Waals surface area contributed by atoms with Crippen LogP contribution in [0.2, 0.25) is 0 Å². The summed E-state index contributed by atoms with van der Waals surface area (Å²) in [6.45, 7) is 0. The predicted molar refractivity (Wildman–Crippen MR) is 82.9 cm³/mol. The molecule has 0 heterocycles. The monoisotopic (exact) mass is 278 g/mol. The lowest BCUT2D eigenvalue weighted by atomic mass is 9.96. The largest absolute Gasteiger partial charge is 0.496 e. The molecule has 3 heteroatoms. The maximum Gasteiger partial charge on any atom is 0.335 e. The van der Waals surface area contributed by atoms with Crippen LogP contribution in [0.25, 0.3) is 21.9 Å². The number of fused-ring (bicyclic) bond motifs is 1. The van der Waals surface area contributed by atoms with Gasteiger partial charge in [0.1, 0.15) is 5.75 Å². The van der Waals surface area contributed by atoms with Gasteiger partial charge in [0.05, 0.1) is 12.7 Å². The molecular formula is C18H14O3. The zero-order valence-electron chi connectivity index (χ0n) is 11.5. The number of methoxy groups -OCH3 is 1. The van der Waals surface area contributed by atoms with E-state index in [1.165, 1.54) is 0 Å². The topological polar surface area (TPSA) is 46.5 Å². The Hall–Kier alpha value is -2.81. The Morgan fingerprint density at radius 1 is 0.952 bits per heavy atom. The molecule has 0 unspecified atom stereocenters. The van der Waals surface area contributed by atoms with Gasteiger partial charge < -0.3 is 9.84 Å². The van der Waals surface area contributed by atoms with Crippen molar-refractivity contribution in [3.63, 3.8) is 0 Å². The molecule has 0 saturated carbocycles. The smallest absolute Gasteiger partial charge is 0.335 e. The van der Waals surface area contributed by atoms with Gasteiger partial charge in [-0.1, -0.05) is 42.5 Å². The average molecular weight is 278 g/mol. The summed E-state index contributed by atoms with van der Waals surface area (Å²) in [5.41, 5.74) is 2.00. The molecule has 0 radical (unpaired) electrons. The van der Waals surface area contributed by atoms with Crippen LogP contribution >= 0.6 is 0 Å². The first-order chi connectivity index (χ1) is 10.2. The first-order valence-corrected chi connectivity index (χ1v) is 6.60. The van der Waals surface area contributed by atoms with Crippen LogP contribution in [0.4, 0.5) is 0 Å². The normalized spacial score (nSPS) is 10.5. The number of benzene rings is 3. The SMILES string of the molecule is COc1ccc(C(=O)O)cc1-c1cccc2ccccc12. The molecule has 104 valence electrons. The number of aromatic carboxylic acids is 1. The van der Waals surface area contributed by atoms with Crippen molar-refractivity contribution >= 4 is 16.7 Å². The van der Waals surface area contributed by atoms with E-state index in [1.807, 2.05) is 42.5 Å². The Morgan fingerprint density at radius 3 is 2.48 bits per heavy atom. The number of carboxylic acids is 1. The molecule has 0 aromatic heterocycles. The quantitative estimate of drug-likeness (QED) is 0.780. The zero-order chi connectivity index (χ0) is 14.8. The maximum atomic E-state index is 11.2. The second-order valence-electron chi connectivity index (χ2n) is 4.75. The van der Waals surface area contributed by atoms with Gasteiger partial charge in [-0.15, -0.1) is 0 Å². The van der Waals surface area contributed by atoms with Crippen molar-refractivity contribution in [2.75, 3.05) is 7.11 Å². The summed E-state index contributed by atoms with van der Waals surface area (Å²) in [4.78, 5) is 11.2. The molecule has 3 aromatic rings. The molecule has 0 aliphatic heterocycles. The Bertz CT molecular complexity index is 816. The fraction of sp³-hybridized carbons (Fsp3) is 0.0556. The van der Waals surface area contributed by atoms with Crippen molar-refractivity contribution in [3.8, 4) is 16.9 Å². The molecule has 0 spiro atoms. The molecule has 0 amide bonds. The first-order valence-electron chi connectivity index (χ1n) is 6.60. The van der Waals surface area contributed by atoms with E-state index in [-0.39, 0.29) is 5.56 Å². The Kier molecular flexibility index (Phi) is 3.32. The van der Waals surface area contributed by atoms with E-state index < -0.39 is 5.97 Å². The van der Waals surface area contributed by atoms with Gasteiger partial charge in [-0.2, -0.15) is 0 Å². The fourth-order valence-corrected chi connectivity index (χ4v) is 2.51. The van der Waals surface area contributed by atoms with E-state index in [0.29, 0.717) is 5.75 Å². The molecule has 21 heavy (non-hydrogen) atoms. The minimum Gasteiger partial charge on any atom is -0.496 e. The summed E-state index contributed by atoms with van der Waals surface area (Å²) in [6, 6.07) is 18.9. The zero-order valence-corrected chi connectivity index (χ0v) is 11.5. The van der Waals surface area contributed by atoms with Crippen LogP contribution < -0.4 is 4.74 Å². The standard InChI is InChI=1S/C18H14O3/c1-21-17-10-9-13(18(19)20)11-16(17)15-8-4-6-12-5-2-3-7-14(12)15/h2-11H,1H3,(H,19,20). The van der Waals surface area contributed by atoms with E-state index in [9.17, 15) is 9.90 Å². The molecule has 3 nitrogen and oxygen atoms in total. The number of carboxylic acid groups (broad SMARTS) is 1. The van der Waals surface area contributed by atoms with Gasteiger partial charge in [0.2, 0.25) is 0 Å². The summed E-state index contributed by atoms with van der Waals surface area (Å²) in [7, 11) is 1.59. The van der Waals surface area contributed by atoms with Gasteiger partial charge in [0.25, 0.3) is 0 Å². The van der Waals surface area contributed by atoms with Crippen LogP contribution in [0.15, 0.2) is 60.7 Å². The van der Waals surface area contributed by atoms with Gasteiger partial charge in [-0.05, 0) is 34.5 Å². The van der Waals surface area contributed by atoms with Gasteiger partial charge in [0, 0.05) is 5.56 Å². The summed E-state index contributed by atoms with van der Waals surface area (Å²) >= 11 is 0. The Morgan fingerprint density at radius 2 is 1.71 bits per heavy atom. The van der Waals surface area contributed by atoms with Crippen LogP contribution in [-0.4, -0.2) is 18.2 Å². The third-order valence-electron chi connectivity index (χ3n) is 3.53.